The summed E-state index contributed by atoms with van der Waals surface area (Å²) in [7, 11) is 1.98. The van der Waals surface area contributed by atoms with E-state index in [0.717, 1.165) is 13.0 Å². The van der Waals surface area contributed by atoms with Gasteiger partial charge in [0.15, 0.2) is 0 Å². The van der Waals surface area contributed by atoms with Gasteiger partial charge < -0.3 is 5.32 Å². The topological polar surface area (TPSA) is 29.9 Å². The maximum absolute atomic E-state index is 4.22. The summed E-state index contributed by atoms with van der Waals surface area (Å²) in [4.78, 5) is 0. The molecule has 1 unspecified atom stereocenters. The maximum atomic E-state index is 4.22. The molecule has 1 aromatic rings. The van der Waals surface area contributed by atoms with E-state index in [9.17, 15) is 0 Å². The van der Waals surface area contributed by atoms with E-state index in [1.807, 2.05) is 17.9 Å². The summed E-state index contributed by atoms with van der Waals surface area (Å²) in [6.45, 7) is 5.63. The van der Waals surface area contributed by atoms with E-state index in [1.165, 1.54) is 37.7 Å². The van der Waals surface area contributed by atoms with E-state index in [2.05, 4.69) is 30.5 Å². The first-order valence-electron chi connectivity index (χ1n) is 6.97. The highest BCUT2D eigenvalue weighted by Gasteiger charge is 2.07. The van der Waals surface area contributed by atoms with Crippen molar-refractivity contribution in [3.8, 4) is 0 Å². The SMILES string of the molecule is CCCCC(CCc1cnn(C)c1)NCCC. The van der Waals surface area contributed by atoms with Gasteiger partial charge in [-0.05, 0) is 37.8 Å². The van der Waals surface area contributed by atoms with Crippen molar-refractivity contribution in [2.75, 3.05) is 6.54 Å². The summed E-state index contributed by atoms with van der Waals surface area (Å²) in [6.07, 6.45) is 11.6. The van der Waals surface area contributed by atoms with Crippen LogP contribution in [-0.2, 0) is 13.5 Å². The standard InChI is InChI=1S/C14H27N3/c1-4-6-7-14(15-10-5-2)9-8-13-11-16-17(3)12-13/h11-12,14-15H,4-10H2,1-3H3. The van der Waals surface area contributed by atoms with Crippen LogP contribution in [0.15, 0.2) is 12.4 Å². The summed E-state index contributed by atoms with van der Waals surface area (Å²) in [5.41, 5.74) is 1.35. The first kappa shape index (κ1) is 14.2. The average molecular weight is 237 g/mol. The van der Waals surface area contributed by atoms with Gasteiger partial charge in [0, 0.05) is 19.3 Å². The second-order valence-corrected chi connectivity index (χ2v) is 4.85. The monoisotopic (exact) mass is 237 g/mol. The molecule has 0 aliphatic carbocycles. The molecule has 17 heavy (non-hydrogen) atoms. The molecule has 3 nitrogen and oxygen atoms in total. The molecule has 0 bridgehead atoms. The fraction of sp³-hybridized carbons (Fsp3) is 0.786. The van der Waals surface area contributed by atoms with Gasteiger partial charge in [-0.3, -0.25) is 4.68 Å². The number of hydrogen-bond acceptors (Lipinski definition) is 2. The Bertz CT molecular complexity index is 285. The van der Waals surface area contributed by atoms with Crippen LogP contribution < -0.4 is 5.32 Å². The number of nitrogens with one attached hydrogen (secondary N) is 1. The van der Waals surface area contributed by atoms with Crippen molar-refractivity contribution in [1.29, 1.82) is 0 Å². The van der Waals surface area contributed by atoms with E-state index in [4.69, 9.17) is 0 Å². The lowest BCUT2D eigenvalue weighted by atomic mass is 10.0. The number of aromatic nitrogens is 2. The van der Waals surface area contributed by atoms with Gasteiger partial charge in [-0.2, -0.15) is 5.10 Å². The largest absolute Gasteiger partial charge is 0.314 e. The number of rotatable bonds is 9. The Morgan fingerprint density at radius 3 is 2.71 bits per heavy atom. The molecule has 0 fully saturated rings. The van der Waals surface area contributed by atoms with E-state index in [0.29, 0.717) is 6.04 Å². The van der Waals surface area contributed by atoms with Crippen molar-refractivity contribution in [1.82, 2.24) is 15.1 Å². The van der Waals surface area contributed by atoms with Gasteiger partial charge in [0.25, 0.3) is 0 Å². The number of aryl methyl sites for hydroxylation is 2. The summed E-state index contributed by atoms with van der Waals surface area (Å²) in [5, 5.41) is 7.87. The molecule has 1 aromatic heterocycles. The molecule has 0 aliphatic rings. The summed E-state index contributed by atoms with van der Waals surface area (Å²) < 4.78 is 1.88. The van der Waals surface area contributed by atoms with Crippen molar-refractivity contribution in [3.05, 3.63) is 18.0 Å². The van der Waals surface area contributed by atoms with Crippen LogP contribution in [0.1, 0.15) is 51.5 Å². The second-order valence-electron chi connectivity index (χ2n) is 4.85. The average Bonchev–Trinajstić information content (AvgIpc) is 2.74. The first-order valence-corrected chi connectivity index (χ1v) is 6.97. The van der Waals surface area contributed by atoms with Crippen LogP contribution in [-0.4, -0.2) is 22.4 Å². The van der Waals surface area contributed by atoms with Gasteiger partial charge in [0.05, 0.1) is 6.20 Å². The van der Waals surface area contributed by atoms with Gasteiger partial charge in [0.2, 0.25) is 0 Å². The molecule has 1 atom stereocenters. The highest BCUT2D eigenvalue weighted by atomic mass is 15.2. The van der Waals surface area contributed by atoms with E-state index in [1.54, 1.807) is 0 Å². The second kappa shape index (κ2) is 8.29. The van der Waals surface area contributed by atoms with E-state index < -0.39 is 0 Å². The van der Waals surface area contributed by atoms with Crippen LogP contribution in [0.2, 0.25) is 0 Å². The lowest BCUT2D eigenvalue weighted by Gasteiger charge is -2.17. The molecular weight excluding hydrogens is 210 g/mol. The number of nitrogens with zero attached hydrogens (tertiary/aromatic N) is 2. The van der Waals surface area contributed by atoms with Crippen LogP contribution in [0.3, 0.4) is 0 Å². The maximum Gasteiger partial charge on any atom is 0.0521 e. The van der Waals surface area contributed by atoms with Crippen molar-refractivity contribution < 1.29 is 0 Å². The first-order chi connectivity index (χ1) is 8.26. The van der Waals surface area contributed by atoms with Crippen molar-refractivity contribution in [2.24, 2.45) is 7.05 Å². The van der Waals surface area contributed by atoms with Crippen LogP contribution in [0, 0.1) is 0 Å². The minimum absolute atomic E-state index is 0.676. The normalized spacial score (nSPS) is 12.9. The Kier molecular flexibility index (Phi) is 6.94. The zero-order valence-electron chi connectivity index (χ0n) is 11.6. The molecular formula is C14H27N3. The quantitative estimate of drug-likeness (QED) is 0.715. The Morgan fingerprint density at radius 2 is 2.12 bits per heavy atom. The van der Waals surface area contributed by atoms with Gasteiger partial charge in [0.1, 0.15) is 0 Å². The fourth-order valence-corrected chi connectivity index (χ4v) is 2.09. The molecule has 98 valence electrons. The van der Waals surface area contributed by atoms with Gasteiger partial charge in [-0.25, -0.2) is 0 Å². The summed E-state index contributed by atoms with van der Waals surface area (Å²) in [6, 6.07) is 0.676. The molecule has 3 heteroatoms. The summed E-state index contributed by atoms with van der Waals surface area (Å²) in [5.74, 6) is 0. The zero-order valence-corrected chi connectivity index (χ0v) is 11.6. The van der Waals surface area contributed by atoms with E-state index in [-0.39, 0.29) is 0 Å². The predicted octanol–water partition coefficient (Wildman–Crippen LogP) is 2.91. The van der Waals surface area contributed by atoms with Crippen molar-refractivity contribution in [2.45, 2.75) is 58.4 Å². The lowest BCUT2D eigenvalue weighted by Crippen LogP contribution is -2.30. The lowest BCUT2D eigenvalue weighted by molar-refractivity contribution is 0.439. The Labute approximate surface area is 106 Å². The van der Waals surface area contributed by atoms with Gasteiger partial charge in [-0.15, -0.1) is 0 Å². The molecule has 0 aliphatic heterocycles. The number of hydrogen-bond donors (Lipinski definition) is 1. The Morgan fingerprint density at radius 1 is 1.29 bits per heavy atom. The van der Waals surface area contributed by atoms with Gasteiger partial charge in [-0.1, -0.05) is 26.7 Å². The molecule has 0 spiro atoms. The zero-order chi connectivity index (χ0) is 12.5. The van der Waals surface area contributed by atoms with E-state index >= 15 is 0 Å². The van der Waals surface area contributed by atoms with Gasteiger partial charge >= 0.3 is 0 Å². The third-order valence-corrected chi connectivity index (χ3v) is 3.13. The van der Waals surface area contributed by atoms with Crippen LogP contribution in [0.4, 0.5) is 0 Å². The van der Waals surface area contributed by atoms with Crippen LogP contribution >= 0.6 is 0 Å². The number of unbranched alkanes of at least 4 members (excludes halogenated alkanes) is 1. The minimum atomic E-state index is 0.676. The van der Waals surface area contributed by atoms with Crippen molar-refractivity contribution in [3.63, 3.8) is 0 Å². The van der Waals surface area contributed by atoms with Crippen molar-refractivity contribution >= 4 is 0 Å². The Hall–Kier alpha value is -0.830. The Balaban J connectivity index is 2.31. The molecule has 0 amide bonds. The third-order valence-electron chi connectivity index (χ3n) is 3.13. The minimum Gasteiger partial charge on any atom is -0.314 e. The van der Waals surface area contributed by atoms with Crippen LogP contribution in [0.5, 0.6) is 0 Å². The van der Waals surface area contributed by atoms with Crippen LogP contribution in [0.25, 0.3) is 0 Å². The molecule has 1 heterocycles. The third kappa shape index (κ3) is 5.87. The summed E-state index contributed by atoms with van der Waals surface area (Å²) >= 11 is 0. The highest BCUT2D eigenvalue weighted by molar-refractivity contribution is 5.03. The molecule has 0 saturated carbocycles. The molecule has 1 N–H and O–H groups in total. The fourth-order valence-electron chi connectivity index (χ4n) is 2.09. The molecule has 0 radical (unpaired) electrons. The molecule has 0 aromatic carbocycles. The highest BCUT2D eigenvalue weighted by Crippen LogP contribution is 2.09. The molecule has 0 saturated heterocycles. The smallest absolute Gasteiger partial charge is 0.0521 e. The predicted molar refractivity (Wildman–Crippen MR) is 73.1 cm³/mol. The molecule has 1 rings (SSSR count).